The molecule has 0 fully saturated rings. The lowest BCUT2D eigenvalue weighted by atomic mass is 10.2. The molecular weight excluding hydrogens is 268 g/mol. The molecule has 5 nitrogen and oxygen atoms in total. The van der Waals surface area contributed by atoms with Crippen LogP contribution in [0.5, 0.6) is 0 Å². The molecule has 2 aromatic rings. The van der Waals surface area contributed by atoms with Gasteiger partial charge in [-0.1, -0.05) is 6.92 Å². The predicted molar refractivity (Wildman–Crippen MR) is 82.5 cm³/mol. The van der Waals surface area contributed by atoms with Crippen molar-refractivity contribution in [3.05, 3.63) is 47.9 Å². The molecule has 2 N–H and O–H groups in total. The van der Waals surface area contributed by atoms with E-state index in [9.17, 15) is 4.79 Å². The maximum absolute atomic E-state index is 11.3. The van der Waals surface area contributed by atoms with Gasteiger partial charge in [-0.2, -0.15) is 0 Å². The Hall–Kier alpha value is -2.43. The Morgan fingerprint density at radius 3 is 2.33 bits per heavy atom. The Kier molecular flexibility index (Phi) is 5.26. The number of carbonyl (C=O) groups is 1. The molecular formula is C16H20N2O3. The summed E-state index contributed by atoms with van der Waals surface area (Å²) >= 11 is 0. The summed E-state index contributed by atoms with van der Waals surface area (Å²) in [4.78, 5) is 11.3. The van der Waals surface area contributed by atoms with Crippen molar-refractivity contribution < 1.29 is 13.9 Å². The number of hydrogen-bond acceptors (Lipinski definition) is 4. The van der Waals surface area contributed by atoms with E-state index in [0.29, 0.717) is 18.8 Å². The molecule has 0 unspecified atom stereocenters. The lowest BCUT2D eigenvalue weighted by molar-refractivity contribution is 0.168. The molecule has 1 heterocycles. The minimum absolute atomic E-state index is 0.356. The van der Waals surface area contributed by atoms with Crippen molar-refractivity contribution in [3.63, 3.8) is 0 Å². The molecule has 112 valence electrons. The maximum Gasteiger partial charge on any atom is 0.411 e. The quantitative estimate of drug-likeness (QED) is 0.842. The first-order valence-electron chi connectivity index (χ1n) is 7.06. The van der Waals surface area contributed by atoms with E-state index >= 15 is 0 Å². The van der Waals surface area contributed by atoms with Gasteiger partial charge >= 0.3 is 6.09 Å². The topological polar surface area (TPSA) is 63.5 Å². The van der Waals surface area contributed by atoms with Crippen LogP contribution in [0.3, 0.4) is 0 Å². The lowest BCUT2D eigenvalue weighted by Crippen LogP contribution is -2.13. The smallest absolute Gasteiger partial charge is 0.411 e. The van der Waals surface area contributed by atoms with Crippen LogP contribution < -0.4 is 10.6 Å². The van der Waals surface area contributed by atoms with Crippen LogP contribution in [-0.4, -0.2) is 12.7 Å². The van der Waals surface area contributed by atoms with Gasteiger partial charge in [0.25, 0.3) is 0 Å². The fourth-order valence-electron chi connectivity index (χ4n) is 1.85. The lowest BCUT2D eigenvalue weighted by Gasteiger charge is -2.07. The van der Waals surface area contributed by atoms with E-state index in [1.54, 1.807) is 6.92 Å². The van der Waals surface area contributed by atoms with Gasteiger partial charge in [0.2, 0.25) is 0 Å². The summed E-state index contributed by atoms with van der Waals surface area (Å²) in [5.74, 6) is 1.89. The summed E-state index contributed by atoms with van der Waals surface area (Å²) in [6.45, 7) is 4.82. The van der Waals surface area contributed by atoms with E-state index in [2.05, 4.69) is 17.6 Å². The molecule has 1 aromatic carbocycles. The van der Waals surface area contributed by atoms with Crippen LogP contribution >= 0.6 is 0 Å². The Bertz CT molecular complexity index is 575. The molecule has 0 aliphatic carbocycles. The number of ether oxygens (including phenoxy) is 1. The predicted octanol–water partition coefficient (Wildman–Crippen LogP) is 4.02. The second-order valence-electron chi connectivity index (χ2n) is 4.50. The van der Waals surface area contributed by atoms with Crippen LogP contribution in [-0.2, 0) is 17.7 Å². The average molecular weight is 288 g/mol. The molecule has 2 rings (SSSR count). The third-order valence-electron chi connectivity index (χ3n) is 2.94. The van der Waals surface area contributed by atoms with Crippen LogP contribution in [0.2, 0.25) is 0 Å². The third-order valence-corrected chi connectivity index (χ3v) is 2.94. The number of carbonyl (C=O) groups excluding carboxylic acids is 1. The highest BCUT2D eigenvalue weighted by molar-refractivity contribution is 5.84. The Balaban J connectivity index is 1.85. The van der Waals surface area contributed by atoms with Crippen LogP contribution in [0, 0.1) is 0 Å². The normalized spacial score (nSPS) is 10.2. The second-order valence-corrected chi connectivity index (χ2v) is 4.50. The Morgan fingerprint density at radius 1 is 1.05 bits per heavy atom. The first kappa shape index (κ1) is 15.0. The molecule has 21 heavy (non-hydrogen) atoms. The summed E-state index contributed by atoms with van der Waals surface area (Å²) in [5.41, 5.74) is 1.66. The van der Waals surface area contributed by atoms with E-state index in [4.69, 9.17) is 9.15 Å². The first-order chi connectivity index (χ1) is 10.2. The number of rotatable bonds is 6. The zero-order valence-electron chi connectivity index (χ0n) is 12.3. The number of anilines is 2. The van der Waals surface area contributed by atoms with Crippen LogP contribution in [0.4, 0.5) is 16.2 Å². The van der Waals surface area contributed by atoms with E-state index in [0.717, 1.165) is 23.6 Å². The fourth-order valence-corrected chi connectivity index (χ4v) is 1.85. The molecule has 5 heteroatoms. The summed E-state index contributed by atoms with van der Waals surface area (Å²) in [6, 6.07) is 11.4. The van der Waals surface area contributed by atoms with Crippen LogP contribution in [0.15, 0.2) is 40.8 Å². The Labute approximate surface area is 124 Å². The largest absolute Gasteiger partial charge is 0.464 e. The van der Waals surface area contributed by atoms with Crippen molar-refractivity contribution >= 4 is 17.5 Å². The number of nitrogens with one attached hydrogen (secondary N) is 2. The molecule has 0 spiro atoms. The highest BCUT2D eigenvalue weighted by Crippen LogP contribution is 2.16. The van der Waals surface area contributed by atoms with E-state index in [1.807, 2.05) is 36.4 Å². The minimum Gasteiger partial charge on any atom is -0.464 e. The van der Waals surface area contributed by atoms with Crippen molar-refractivity contribution in [2.24, 2.45) is 0 Å². The number of furan rings is 1. The van der Waals surface area contributed by atoms with Gasteiger partial charge < -0.3 is 14.5 Å². The highest BCUT2D eigenvalue weighted by Gasteiger charge is 2.03. The minimum atomic E-state index is -0.444. The molecule has 0 atom stereocenters. The molecule has 1 aromatic heterocycles. The number of benzene rings is 1. The van der Waals surface area contributed by atoms with E-state index < -0.39 is 6.09 Å². The average Bonchev–Trinajstić information content (AvgIpc) is 2.95. The van der Waals surface area contributed by atoms with Gasteiger partial charge in [-0.3, -0.25) is 5.32 Å². The van der Waals surface area contributed by atoms with E-state index in [-0.39, 0.29) is 0 Å². The molecule has 0 aliphatic rings. The molecule has 0 bridgehead atoms. The zero-order valence-corrected chi connectivity index (χ0v) is 12.3. The van der Waals surface area contributed by atoms with Crippen molar-refractivity contribution in [1.82, 2.24) is 0 Å². The summed E-state index contributed by atoms with van der Waals surface area (Å²) < 4.78 is 10.4. The van der Waals surface area contributed by atoms with Gasteiger partial charge in [-0.15, -0.1) is 0 Å². The van der Waals surface area contributed by atoms with Gasteiger partial charge in [0, 0.05) is 17.8 Å². The van der Waals surface area contributed by atoms with Crippen molar-refractivity contribution in [1.29, 1.82) is 0 Å². The standard InChI is InChI=1S/C16H20N2O3/c1-3-14-9-10-15(21-14)11-17-12-5-7-13(8-6-12)18-16(19)20-4-2/h5-10,17H,3-4,11H2,1-2H3,(H,18,19). The molecule has 0 saturated heterocycles. The first-order valence-corrected chi connectivity index (χ1v) is 7.06. The highest BCUT2D eigenvalue weighted by atomic mass is 16.5. The molecule has 1 amide bonds. The third kappa shape index (κ3) is 4.56. The van der Waals surface area contributed by atoms with Gasteiger partial charge in [0.15, 0.2) is 0 Å². The van der Waals surface area contributed by atoms with E-state index in [1.165, 1.54) is 0 Å². The summed E-state index contributed by atoms with van der Waals surface area (Å²) in [5, 5.41) is 5.91. The summed E-state index contributed by atoms with van der Waals surface area (Å²) in [6.07, 6.45) is 0.453. The van der Waals surface area contributed by atoms with Crippen molar-refractivity contribution in [3.8, 4) is 0 Å². The van der Waals surface area contributed by atoms with Crippen molar-refractivity contribution in [2.75, 3.05) is 17.2 Å². The van der Waals surface area contributed by atoms with Gasteiger partial charge in [0.05, 0.1) is 13.2 Å². The number of amides is 1. The number of hydrogen-bond donors (Lipinski definition) is 2. The van der Waals surface area contributed by atoms with Gasteiger partial charge in [-0.05, 0) is 43.3 Å². The monoisotopic (exact) mass is 288 g/mol. The van der Waals surface area contributed by atoms with Gasteiger partial charge in [-0.25, -0.2) is 4.79 Å². The summed E-state index contributed by atoms with van der Waals surface area (Å²) in [7, 11) is 0. The van der Waals surface area contributed by atoms with Crippen molar-refractivity contribution in [2.45, 2.75) is 26.8 Å². The molecule has 0 saturated carbocycles. The second kappa shape index (κ2) is 7.38. The van der Waals surface area contributed by atoms with Crippen LogP contribution in [0.25, 0.3) is 0 Å². The van der Waals surface area contributed by atoms with Crippen LogP contribution in [0.1, 0.15) is 25.4 Å². The molecule has 0 aliphatic heterocycles. The SMILES string of the molecule is CCOC(=O)Nc1ccc(NCc2ccc(CC)o2)cc1. The maximum atomic E-state index is 11.3. The molecule has 0 radical (unpaired) electrons. The van der Waals surface area contributed by atoms with Gasteiger partial charge in [0.1, 0.15) is 11.5 Å². The zero-order chi connectivity index (χ0) is 15.1. The fraction of sp³-hybridized carbons (Fsp3) is 0.312. The Morgan fingerprint density at radius 2 is 1.71 bits per heavy atom. The number of aryl methyl sites for hydroxylation is 1.